The summed E-state index contributed by atoms with van der Waals surface area (Å²) < 4.78 is 7.75. The molecule has 2 aromatic heterocycles. The summed E-state index contributed by atoms with van der Waals surface area (Å²) in [4.78, 5) is 12.1. The Morgan fingerprint density at radius 3 is 2.72 bits per heavy atom. The van der Waals surface area contributed by atoms with Gasteiger partial charge in [-0.25, -0.2) is 4.68 Å². The van der Waals surface area contributed by atoms with E-state index in [-0.39, 0.29) is 18.6 Å². The highest BCUT2D eigenvalue weighted by atomic mass is 16.3. The number of carbonyl (C=O) groups excluding carboxylic acids is 1. The Morgan fingerprint density at radius 1 is 1.21 bits per heavy atom. The maximum atomic E-state index is 12.1. The number of hydrogen-bond acceptors (Lipinski definition) is 4. The van der Waals surface area contributed by atoms with Crippen LogP contribution in [0.25, 0.3) is 34.2 Å². The fraction of sp³-hybridized carbons (Fsp3) is 0.130. The van der Waals surface area contributed by atoms with Gasteiger partial charge in [0.1, 0.15) is 11.3 Å². The van der Waals surface area contributed by atoms with Crippen molar-refractivity contribution in [2.75, 3.05) is 6.61 Å². The van der Waals surface area contributed by atoms with Crippen LogP contribution >= 0.6 is 0 Å². The van der Waals surface area contributed by atoms with E-state index in [4.69, 9.17) is 14.6 Å². The van der Waals surface area contributed by atoms with Crippen LogP contribution < -0.4 is 5.32 Å². The van der Waals surface area contributed by atoms with Crippen molar-refractivity contribution in [2.45, 2.75) is 13.0 Å². The SMILES string of the molecule is CC(CO)NC(=O)/C=C/c1cn(-c2ccccc2)nc1-c1cc2ccccc2o1. The molecule has 2 aromatic carbocycles. The maximum absolute atomic E-state index is 12.1. The molecule has 0 aliphatic carbocycles. The third-order valence-electron chi connectivity index (χ3n) is 4.50. The molecular formula is C23H21N3O3. The van der Waals surface area contributed by atoms with Gasteiger partial charge in [0.15, 0.2) is 5.76 Å². The molecule has 0 aliphatic rings. The lowest BCUT2D eigenvalue weighted by Crippen LogP contribution is -2.33. The van der Waals surface area contributed by atoms with E-state index in [1.807, 2.05) is 66.9 Å². The molecule has 4 aromatic rings. The summed E-state index contributed by atoms with van der Waals surface area (Å²) in [5.74, 6) is 0.347. The standard InChI is InChI=1S/C23H21N3O3/c1-16(15-27)24-22(28)12-11-18-14-26(19-8-3-2-4-9-19)25-23(18)21-13-17-7-5-6-10-20(17)29-21/h2-14,16,27H,15H2,1H3,(H,24,28)/b12-11+. The molecule has 0 saturated carbocycles. The average Bonchev–Trinajstić information content (AvgIpc) is 3.36. The molecule has 0 bridgehead atoms. The molecule has 6 heteroatoms. The van der Waals surface area contributed by atoms with E-state index >= 15 is 0 Å². The van der Waals surface area contributed by atoms with E-state index in [0.29, 0.717) is 11.5 Å². The fourth-order valence-corrected chi connectivity index (χ4v) is 3.01. The first-order valence-corrected chi connectivity index (χ1v) is 9.37. The molecule has 29 heavy (non-hydrogen) atoms. The average molecular weight is 387 g/mol. The van der Waals surface area contributed by atoms with Crippen LogP contribution in [0.15, 0.2) is 77.4 Å². The first-order chi connectivity index (χ1) is 14.1. The minimum Gasteiger partial charge on any atom is -0.454 e. The van der Waals surface area contributed by atoms with Gasteiger partial charge in [0.05, 0.1) is 12.3 Å². The number of rotatable bonds is 6. The number of benzene rings is 2. The third kappa shape index (κ3) is 4.12. The van der Waals surface area contributed by atoms with Gasteiger partial charge >= 0.3 is 0 Å². The molecule has 0 aliphatic heterocycles. The van der Waals surface area contributed by atoms with E-state index in [9.17, 15) is 4.79 Å². The summed E-state index contributed by atoms with van der Waals surface area (Å²) in [5, 5.41) is 17.5. The molecule has 1 amide bonds. The van der Waals surface area contributed by atoms with Crippen molar-refractivity contribution in [1.82, 2.24) is 15.1 Å². The number of nitrogens with one attached hydrogen (secondary N) is 1. The molecule has 4 rings (SSSR count). The smallest absolute Gasteiger partial charge is 0.244 e. The van der Waals surface area contributed by atoms with Gasteiger partial charge in [-0.2, -0.15) is 5.10 Å². The molecule has 0 fully saturated rings. The van der Waals surface area contributed by atoms with Crippen LogP contribution in [0.5, 0.6) is 0 Å². The number of amides is 1. The number of aromatic nitrogens is 2. The van der Waals surface area contributed by atoms with Gasteiger partial charge in [0.25, 0.3) is 0 Å². The third-order valence-corrected chi connectivity index (χ3v) is 4.50. The lowest BCUT2D eigenvalue weighted by molar-refractivity contribution is -0.117. The molecule has 0 radical (unpaired) electrons. The van der Waals surface area contributed by atoms with E-state index in [1.54, 1.807) is 17.7 Å². The Kier molecular flexibility index (Phi) is 5.27. The summed E-state index contributed by atoms with van der Waals surface area (Å²) in [5.41, 5.74) is 3.08. The number of aliphatic hydroxyl groups is 1. The highest BCUT2D eigenvalue weighted by Crippen LogP contribution is 2.30. The van der Waals surface area contributed by atoms with Crippen molar-refractivity contribution in [3.8, 4) is 17.1 Å². The molecule has 6 nitrogen and oxygen atoms in total. The maximum Gasteiger partial charge on any atom is 0.244 e. The summed E-state index contributed by atoms with van der Waals surface area (Å²) in [6.45, 7) is 1.62. The number of furan rings is 1. The van der Waals surface area contributed by atoms with Crippen LogP contribution in [0.2, 0.25) is 0 Å². The zero-order valence-electron chi connectivity index (χ0n) is 15.9. The van der Waals surface area contributed by atoms with Gasteiger partial charge in [0.2, 0.25) is 5.91 Å². The van der Waals surface area contributed by atoms with E-state index < -0.39 is 0 Å². The molecule has 1 atom stereocenters. The molecule has 0 spiro atoms. The summed E-state index contributed by atoms with van der Waals surface area (Å²) in [6.07, 6.45) is 5.00. The predicted octanol–water partition coefficient (Wildman–Crippen LogP) is 3.80. The molecular weight excluding hydrogens is 366 g/mol. The normalized spacial score (nSPS) is 12.5. The minimum absolute atomic E-state index is 0.115. The Hall–Kier alpha value is -3.64. The number of aliphatic hydroxyl groups excluding tert-OH is 1. The second kappa shape index (κ2) is 8.16. The van der Waals surface area contributed by atoms with Crippen LogP contribution in [0, 0.1) is 0 Å². The van der Waals surface area contributed by atoms with Gasteiger partial charge in [-0.15, -0.1) is 0 Å². The summed E-state index contributed by atoms with van der Waals surface area (Å²) in [7, 11) is 0. The predicted molar refractivity (Wildman–Crippen MR) is 112 cm³/mol. The van der Waals surface area contributed by atoms with Gasteiger partial charge < -0.3 is 14.8 Å². The lowest BCUT2D eigenvalue weighted by Gasteiger charge is -2.07. The van der Waals surface area contributed by atoms with Crippen molar-refractivity contribution in [3.63, 3.8) is 0 Å². The minimum atomic E-state index is -0.311. The van der Waals surface area contributed by atoms with Crippen LogP contribution in [-0.2, 0) is 4.79 Å². The van der Waals surface area contributed by atoms with Gasteiger partial charge in [-0.05, 0) is 37.3 Å². The van der Waals surface area contributed by atoms with Crippen molar-refractivity contribution in [3.05, 3.63) is 78.5 Å². The number of nitrogens with zero attached hydrogens (tertiary/aromatic N) is 2. The van der Waals surface area contributed by atoms with E-state index in [0.717, 1.165) is 22.2 Å². The number of hydrogen-bond donors (Lipinski definition) is 2. The highest BCUT2D eigenvalue weighted by Gasteiger charge is 2.15. The van der Waals surface area contributed by atoms with Crippen LogP contribution in [0.1, 0.15) is 12.5 Å². The Labute approximate surface area is 168 Å². The summed E-state index contributed by atoms with van der Waals surface area (Å²) in [6, 6.07) is 19.1. The van der Waals surface area contributed by atoms with Crippen molar-refractivity contribution < 1.29 is 14.3 Å². The first kappa shape index (κ1) is 18.7. The second-order valence-corrected chi connectivity index (χ2v) is 6.79. The molecule has 2 heterocycles. The quantitative estimate of drug-likeness (QED) is 0.493. The largest absolute Gasteiger partial charge is 0.454 e. The van der Waals surface area contributed by atoms with Crippen molar-refractivity contribution >= 4 is 23.0 Å². The van der Waals surface area contributed by atoms with Crippen molar-refractivity contribution in [1.29, 1.82) is 0 Å². The molecule has 146 valence electrons. The Bertz CT molecular complexity index is 1130. The van der Waals surface area contributed by atoms with Gasteiger partial charge in [-0.3, -0.25) is 4.79 Å². The topological polar surface area (TPSA) is 80.3 Å². The first-order valence-electron chi connectivity index (χ1n) is 9.37. The van der Waals surface area contributed by atoms with Crippen LogP contribution in [0.3, 0.4) is 0 Å². The number of carbonyl (C=O) groups is 1. The zero-order valence-corrected chi connectivity index (χ0v) is 15.9. The Balaban J connectivity index is 1.74. The van der Waals surface area contributed by atoms with Gasteiger partial charge in [0, 0.05) is 29.3 Å². The van der Waals surface area contributed by atoms with Crippen molar-refractivity contribution in [2.24, 2.45) is 0 Å². The molecule has 0 saturated heterocycles. The zero-order chi connectivity index (χ0) is 20.2. The van der Waals surface area contributed by atoms with Gasteiger partial charge in [-0.1, -0.05) is 36.4 Å². The van der Waals surface area contributed by atoms with E-state index in [2.05, 4.69) is 5.32 Å². The van der Waals surface area contributed by atoms with E-state index in [1.165, 1.54) is 6.08 Å². The summed E-state index contributed by atoms with van der Waals surface area (Å²) >= 11 is 0. The molecule has 1 unspecified atom stereocenters. The second-order valence-electron chi connectivity index (χ2n) is 6.79. The van der Waals surface area contributed by atoms with Crippen LogP contribution in [0.4, 0.5) is 0 Å². The monoisotopic (exact) mass is 387 g/mol. The number of fused-ring (bicyclic) bond motifs is 1. The lowest BCUT2D eigenvalue weighted by atomic mass is 10.1. The Morgan fingerprint density at radius 2 is 1.97 bits per heavy atom. The molecule has 2 N–H and O–H groups in total. The number of para-hydroxylation sites is 2. The van der Waals surface area contributed by atoms with Crippen LogP contribution in [-0.4, -0.2) is 33.4 Å². The fourth-order valence-electron chi connectivity index (χ4n) is 3.01. The highest BCUT2D eigenvalue weighted by molar-refractivity contribution is 5.93.